The maximum Gasteiger partial charge on any atom is 0.0705 e. The van der Waals surface area contributed by atoms with E-state index in [1.54, 1.807) is 7.11 Å². The molecule has 1 aliphatic carbocycles. The number of hydrogen-bond donors (Lipinski definition) is 1. The van der Waals surface area contributed by atoms with Crippen molar-refractivity contribution in [2.24, 2.45) is 11.7 Å². The van der Waals surface area contributed by atoms with E-state index in [9.17, 15) is 0 Å². The molecule has 0 spiro atoms. The fourth-order valence-electron chi connectivity index (χ4n) is 3.65. The summed E-state index contributed by atoms with van der Waals surface area (Å²) in [6.45, 7) is 3.12. The molecule has 2 unspecified atom stereocenters. The van der Waals surface area contributed by atoms with E-state index >= 15 is 0 Å². The summed E-state index contributed by atoms with van der Waals surface area (Å²) in [5.74, 6) is 0.983. The average molecular weight is 240 g/mol. The SMILES string of the molecule is COC(CN)CCN1CCCC1C1CCCC1. The summed E-state index contributed by atoms with van der Waals surface area (Å²) in [4.78, 5) is 2.71. The van der Waals surface area contributed by atoms with E-state index < -0.39 is 0 Å². The first-order valence-electron chi connectivity index (χ1n) is 7.32. The Morgan fingerprint density at radius 2 is 2.00 bits per heavy atom. The molecule has 0 aromatic heterocycles. The number of hydrogen-bond acceptors (Lipinski definition) is 3. The van der Waals surface area contributed by atoms with Crippen molar-refractivity contribution in [1.29, 1.82) is 0 Å². The molecule has 2 atom stereocenters. The zero-order valence-electron chi connectivity index (χ0n) is 11.2. The summed E-state index contributed by atoms with van der Waals surface area (Å²) in [6, 6.07) is 0.868. The Labute approximate surface area is 106 Å². The minimum absolute atomic E-state index is 0.250. The minimum Gasteiger partial charge on any atom is -0.380 e. The summed E-state index contributed by atoms with van der Waals surface area (Å²) < 4.78 is 5.37. The average Bonchev–Trinajstić information content (AvgIpc) is 3.00. The van der Waals surface area contributed by atoms with Crippen molar-refractivity contribution in [3.8, 4) is 0 Å². The van der Waals surface area contributed by atoms with Crippen molar-refractivity contribution < 1.29 is 4.74 Å². The van der Waals surface area contributed by atoms with Gasteiger partial charge >= 0.3 is 0 Å². The normalized spacial score (nSPS) is 28.9. The lowest BCUT2D eigenvalue weighted by Gasteiger charge is -2.30. The van der Waals surface area contributed by atoms with Gasteiger partial charge in [0.2, 0.25) is 0 Å². The van der Waals surface area contributed by atoms with Gasteiger partial charge in [0.1, 0.15) is 0 Å². The van der Waals surface area contributed by atoms with Crippen LogP contribution in [0, 0.1) is 5.92 Å². The maximum atomic E-state index is 5.68. The van der Waals surface area contributed by atoms with E-state index in [2.05, 4.69) is 4.90 Å². The molecule has 1 saturated carbocycles. The standard InChI is InChI=1S/C14H28N2O/c1-17-13(11-15)8-10-16-9-4-7-14(16)12-5-2-3-6-12/h12-14H,2-11,15H2,1H3. The van der Waals surface area contributed by atoms with Crippen LogP contribution in [0.3, 0.4) is 0 Å². The minimum atomic E-state index is 0.250. The second kappa shape index (κ2) is 6.72. The van der Waals surface area contributed by atoms with Crippen molar-refractivity contribution in [3.63, 3.8) is 0 Å². The van der Waals surface area contributed by atoms with E-state index in [0.717, 1.165) is 18.4 Å². The van der Waals surface area contributed by atoms with Crippen LogP contribution in [0.4, 0.5) is 0 Å². The number of methoxy groups -OCH3 is 1. The Bertz CT molecular complexity index is 212. The molecule has 1 heterocycles. The molecule has 0 aromatic carbocycles. The van der Waals surface area contributed by atoms with Crippen LogP contribution in [-0.2, 0) is 4.74 Å². The van der Waals surface area contributed by atoms with E-state index in [0.29, 0.717) is 6.54 Å². The summed E-state index contributed by atoms with van der Waals surface area (Å²) >= 11 is 0. The van der Waals surface area contributed by atoms with Crippen LogP contribution < -0.4 is 5.73 Å². The van der Waals surface area contributed by atoms with Gasteiger partial charge < -0.3 is 15.4 Å². The van der Waals surface area contributed by atoms with Crippen molar-refractivity contribution in [2.45, 2.75) is 57.1 Å². The van der Waals surface area contributed by atoms with Gasteiger partial charge in [-0.1, -0.05) is 12.8 Å². The predicted octanol–water partition coefficient (Wildman–Crippen LogP) is 2.00. The van der Waals surface area contributed by atoms with Crippen LogP contribution in [0.25, 0.3) is 0 Å². The van der Waals surface area contributed by atoms with Crippen LogP contribution in [0.2, 0.25) is 0 Å². The van der Waals surface area contributed by atoms with Crippen molar-refractivity contribution in [1.82, 2.24) is 4.90 Å². The quantitative estimate of drug-likeness (QED) is 0.772. The second-order valence-corrected chi connectivity index (χ2v) is 5.67. The van der Waals surface area contributed by atoms with E-state index in [1.807, 2.05) is 0 Å². The third-order valence-electron chi connectivity index (χ3n) is 4.69. The first kappa shape index (κ1) is 13.3. The molecule has 2 fully saturated rings. The van der Waals surface area contributed by atoms with Crippen molar-refractivity contribution in [3.05, 3.63) is 0 Å². The Kier molecular flexibility index (Phi) is 5.26. The molecule has 0 aromatic rings. The lowest BCUT2D eigenvalue weighted by atomic mass is 9.96. The molecule has 0 bridgehead atoms. The number of nitrogens with zero attached hydrogens (tertiary/aromatic N) is 1. The van der Waals surface area contributed by atoms with Crippen molar-refractivity contribution in [2.75, 3.05) is 26.7 Å². The smallest absolute Gasteiger partial charge is 0.0705 e. The van der Waals surface area contributed by atoms with Gasteiger partial charge in [-0.25, -0.2) is 0 Å². The molecule has 100 valence electrons. The molecule has 3 heteroatoms. The Balaban J connectivity index is 1.78. The van der Waals surface area contributed by atoms with Gasteiger partial charge in [0.05, 0.1) is 6.10 Å². The van der Waals surface area contributed by atoms with Gasteiger partial charge in [0.15, 0.2) is 0 Å². The largest absolute Gasteiger partial charge is 0.380 e. The summed E-state index contributed by atoms with van der Waals surface area (Å²) in [6.07, 6.45) is 10.00. The van der Waals surface area contributed by atoms with Gasteiger partial charge in [0, 0.05) is 26.2 Å². The third-order valence-corrected chi connectivity index (χ3v) is 4.69. The number of nitrogens with two attached hydrogens (primary N) is 1. The molecular formula is C14H28N2O. The molecular weight excluding hydrogens is 212 g/mol. The Morgan fingerprint density at radius 3 is 2.65 bits per heavy atom. The maximum absolute atomic E-state index is 5.68. The van der Waals surface area contributed by atoms with Gasteiger partial charge in [-0.15, -0.1) is 0 Å². The highest BCUT2D eigenvalue weighted by atomic mass is 16.5. The molecule has 0 amide bonds. The molecule has 17 heavy (non-hydrogen) atoms. The Hall–Kier alpha value is -0.120. The first-order valence-corrected chi connectivity index (χ1v) is 7.32. The van der Waals surface area contributed by atoms with E-state index in [1.165, 1.54) is 51.6 Å². The lowest BCUT2D eigenvalue weighted by Crippen LogP contribution is -2.37. The fraction of sp³-hybridized carbons (Fsp3) is 1.00. The summed E-state index contributed by atoms with van der Waals surface area (Å²) in [5.41, 5.74) is 5.68. The number of rotatable bonds is 6. The molecule has 1 saturated heterocycles. The zero-order chi connectivity index (χ0) is 12.1. The monoisotopic (exact) mass is 240 g/mol. The Morgan fingerprint density at radius 1 is 1.24 bits per heavy atom. The van der Waals surface area contributed by atoms with E-state index in [-0.39, 0.29) is 6.10 Å². The summed E-state index contributed by atoms with van der Waals surface area (Å²) in [7, 11) is 1.77. The number of ether oxygens (including phenoxy) is 1. The molecule has 2 rings (SSSR count). The molecule has 3 nitrogen and oxygen atoms in total. The van der Waals surface area contributed by atoms with Crippen LogP contribution in [0.5, 0.6) is 0 Å². The fourth-order valence-corrected chi connectivity index (χ4v) is 3.65. The molecule has 2 N–H and O–H groups in total. The van der Waals surface area contributed by atoms with Crippen LogP contribution >= 0.6 is 0 Å². The van der Waals surface area contributed by atoms with Gasteiger partial charge in [-0.2, -0.15) is 0 Å². The molecule has 1 aliphatic heterocycles. The highest BCUT2D eigenvalue weighted by Crippen LogP contribution is 2.35. The highest BCUT2D eigenvalue weighted by molar-refractivity contribution is 4.87. The van der Waals surface area contributed by atoms with Gasteiger partial charge in [-0.05, 0) is 44.6 Å². The first-order chi connectivity index (χ1) is 8.35. The third kappa shape index (κ3) is 3.43. The molecule has 2 aliphatic rings. The highest BCUT2D eigenvalue weighted by Gasteiger charge is 2.32. The predicted molar refractivity (Wildman–Crippen MR) is 71.0 cm³/mol. The van der Waals surface area contributed by atoms with Crippen LogP contribution in [-0.4, -0.2) is 43.8 Å². The number of likely N-dealkylation sites (tertiary alicyclic amines) is 1. The summed E-state index contributed by atoms with van der Waals surface area (Å²) in [5, 5.41) is 0. The lowest BCUT2D eigenvalue weighted by molar-refractivity contribution is 0.0824. The van der Waals surface area contributed by atoms with Crippen LogP contribution in [0.15, 0.2) is 0 Å². The van der Waals surface area contributed by atoms with Crippen molar-refractivity contribution >= 4 is 0 Å². The van der Waals surface area contributed by atoms with Gasteiger partial charge in [-0.3, -0.25) is 0 Å². The van der Waals surface area contributed by atoms with E-state index in [4.69, 9.17) is 10.5 Å². The van der Waals surface area contributed by atoms with Gasteiger partial charge in [0.25, 0.3) is 0 Å². The topological polar surface area (TPSA) is 38.5 Å². The zero-order valence-corrected chi connectivity index (χ0v) is 11.2. The van der Waals surface area contributed by atoms with Crippen LogP contribution in [0.1, 0.15) is 44.9 Å². The molecule has 0 radical (unpaired) electrons. The second-order valence-electron chi connectivity index (χ2n) is 5.67.